The van der Waals surface area contributed by atoms with Crippen LogP contribution in [-0.2, 0) is 25.4 Å². The molecule has 1 heterocycles. The topological polar surface area (TPSA) is 6.48 Å². The highest BCUT2D eigenvalue weighted by atomic mass is 19.4. The molecule has 1 fully saturated rings. The Bertz CT molecular complexity index is 724. The van der Waals surface area contributed by atoms with Gasteiger partial charge in [0.05, 0.1) is 11.1 Å². The second kappa shape index (κ2) is 8.13. The molecule has 0 N–H and O–H groups in total. The first-order valence-corrected chi connectivity index (χ1v) is 8.89. The summed E-state index contributed by atoms with van der Waals surface area (Å²) < 4.78 is 78.7. The SMILES string of the molecule is FC(F)(F)c1ccccc1CN1CCN(Cc2ccccc2C(F)(F)F)CC1. The molecule has 28 heavy (non-hydrogen) atoms. The minimum absolute atomic E-state index is 0.169. The van der Waals surface area contributed by atoms with E-state index in [2.05, 4.69) is 0 Å². The van der Waals surface area contributed by atoms with E-state index in [4.69, 9.17) is 0 Å². The lowest BCUT2D eigenvalue weighted by atomic mass is 10.1. The summed E-state index contributed by atoms with van der Waals surface area (Å²) >= 11 is 0. The molecule has 2 aromatic carbocycles. The first-order chi connectivity index (χ1) is 13.1. The number of nitrogens with zero attached hydrogens (tertiary/aromatic N) is 2. The van der Waals surface area contributed by atoms with E-state index in [0.29, 0.717) is 26.2 Å². The summed E-state index contributed by atoms with van der Waals surface area (Å²) in [5.74, 6) is 0. The van der Waals surface area contributed by atoms with E-state index in [0.717, 1.165) is 12.1 Å². The molecule has 152 valence electrons. The van der Waals surface area contributed by atoms with E-state index < -0.39 is 23.5 Å². The quantitative estimate of drug-likeness (QED) is 0.661. The second-order valence-electron chi connectivity index (χ2n) is 6.86. The summed E-state index contributed by atoms with van der Waals surface area (Å²) in [6.07, 6.45) is -8.81. The van der Waals surface area contributed by atoms with Crippen molar-refractivity contribution in [1.29, 1.82) is 0 Å². The van der Waals surface area contributed by atoms with Crippen molar-refractivity contribution in [2.75, 3.05) is 26.2 Å². The van der Waals surface area contributed by atoms with Crippen molar-refractivity contribution >= 4 is 0 Å². The fraction of sp³-hybridized carbons (Fsp3) is 0.400. The van der Waals surface area contributed by atoms with Crippen LogP contribution in [0.4, 0.5) is 26.3 Å². The van der Waals surface area contributed by atoms with E-state index in [-0.39, 0.29) is 24.2 Å². The Balaban J connectivity index is 1.61. The molecule has 1 aliphatic heterocycles. The van der Waals surface area contributed by atoms with Crippen LogP contribution in [0.3, 0.4) is 0 Å². The van der Waals surface area contributed by atoms with Crippen molar-refractivity contribution in [3.63, 3.8) is 0 Å². The largest absolute Gasteiger partial charge is 0.416 e. The van der Waals surface area contributed by atoms with Crippen LogP contribution in [0.1, 0.15) is 22.3 Å². The fourth-order valence-electron chi connectivity index (χ4n) is 3.46. The molecule has 0 amide bonds. The number of hydrogen-bond acceptors (Lipinski definition) is 2. The molecule has 0 aliphatic carbocycles. The van der Waals surface area contributed by atoms with Gasteiger partial charge in [-0.1, -0.05) is 36.4 Å². The summed E-state index contributed by atoms with van der Waals surface area (Å²) in [5, 5.41) is 0. The van der Waals surface area contributed by atoms with Gasteiger partial charge < -0.3 is 0 Å². The summed E-state index contributed by atoms with van der Waals surface area (Å²) in [6.45, 7) is 2.34. The Morgan fingerprint density at radius 1 is 0.571 bits per heavy atom. The van der Waals surface area contributed by atoms with Crippen molar-refractivity contribution in [3.8, 4) is 0 Å². The molecule has 2 aromatic rings. The zero-order valence-corrected chi connectivity index (χ0v) is 15.0. The molecule has 1 saturated heterocycles. The Labute approximate surface area is 159 Å². The normalized spacial score (nSPS) is 17.1. The number of piperazine rings is 1. The van der Waals surface area contributed by atoms with Gasteiger partial charge in [-0.25, -0.2) is 0 Å². The number of halogens is 6. The van der Waals surface area contributed by atoms with Crippen LogP contribution in [0.25, 0.3) is 0 Å². The molecule has 0 atom stereocenters. The van der Waals surface area contributed by atoms with E-state index in [1.54, 1.807) is 12.1 Å². The first kappa shape index (κ1) is 20.7. The third-order valence-corrected chi connectivity index (χ3v) is 4.90. The van der Waals surface area contributed by atoms with Crippen molar-refractivity contribution < 1.29 is 26.3 Å². The molecule has 0 aromatic heterocycles. The fourth-order valence-corrected chi connectivity index (χ4v) is 3.46. The van der Waals surface area contributed by atoms with Gasteiger partial charge in [0.2, 0.25) is 0 Å². The van der Waals surface area contributed by atoms with Gasteiger partial charge in [0.25, 0.3) is 0 Å². The molecule has 0 bridgehead atoms. The lowest BCUT2D eigenvalue weighted by Gasteiger charge is -2.35. The Kier molecular flexibility index (Phi) is 6.00. The Hall–Kier alpha value is -2.06. The average molecular weight is 402 g/mol. The van der Waals surface area contributed by atoms with Gasteiger partial charge in [-0.05, 0) is 23.3 Å². The van der Waals surface area contributed by atoms with Crippen LogP contribution in [0.5, 0.6) is 0 Å². The maximum Gasteiger partial charge on any atom is 0.416 e. The van der Waals surface area contributed by atoms with Gasteiger partial charge in [-0.15, -0.1) is 0 Å². The summed E-state index contributed by atoms with van der Waals surface area (Å²) in [6, 6.07) is 11.0. The monoisotopic (exact) mass is 402 g/mol. The smallest absolute Gasteiger partial charge is 0.297 e. The minimum Gasteiger partial charge on any atom is -0.297 e. The maximum absolute atomic E-state index is 13.1. The van der Waals surface area contributed by atoms with Gasteiger partial charge >= 0.3 is 12.4 Å². The standard InChI is InChI=1S/C20H20F6N2/c21-19(22,23)17-7-3-1-5-15(17)13-27-9-11-28(12-10-27)14-16-6-2-4-8-18(16)20(24,25)26/h1-8H,9-14H2. The minimum atomic E-state index is -4.40. The van der Waals surface area contributed by atoms with Crippen LogP contribution in [0.2, 0.25) is 0 Å². The molecular formula is C20H20F6N2. The van der Waals surface area contributed by atoms with Crippen molar-refractivity contribution in [2.24, 2.45) is 0 Å². The van der Waals surface area contributed by atoms with Crippen molar-refractivity contribution in [1.82, 2.24) is 9.80 Å². The van der Waals surface area contributed by atoms with Gasteiger partial charge in [-0.3, -0.25) is 9.80 Å². The number of benzene rings is 2. The number of alkyl halides is 6. The van der Waals surface area contributed by atoms with E-state index in [1.807, 2.05) is 9.80 Å². The molecule has 0 radical (unpaired) electrons. The van der Waals surface area contributed by atoms with Crippen LogP contribution in [0, 0.1) is 0 Å². The van der Waals surface area contributed by atoms with Gasteiger partial charge in [0, 0.05) is 39.3 Å². The molecule has 3 rings (SSSR count). The van der Waals surface area contributed by atoms with Crippen LogP contribution in [0.15, 0.2) is 48.5 Å². The van der Waals surface area contributed by atoms with Crippen LogP contribution >= 0.6 is 0 Å². The molecular weight excluding hydrogens is 382 g/mol. The Morgan fingerprint density at radius 2 is 0.893 bits per heavy atom. The van der Waals surface area contributed by atoms with Crippen LogP contribution < -0.4 is 0 Å². The van der Waals surface area contributed by atoms with Crippen molar-refractivity contribution in [3.05, 3.63) is 70.8 Å². The number of hydrogen-bond donors (Lipinski definition) is 0. The molecule has 2 nitrogen and oxygen atoms in total. The lowest BCUT2D eigenvalue weighted by Crippen LogP contribution is -2.45. The van der Waals surface area contributed by atoms with Gasteiger partial charge in [-0.2, -0.15) is 26.3 Å². The van der Waals surface area contributed by atoms with Crippen LogP contribution in [-0.4, -0.2) is 36.0 Å². The first-order valence-electron chi connectivity index (χ1n) is 8.89. The molecule has 8 heteroatoms. The van der Waals surface area contributed by atoms with Crippen molar-refractivity contribution in [2.45, 2.75) is 25.4 Å². The lowest BCUT2D eigenvalue weighted by molar-refractivity contribution is -0.139. The second-order valence-corrected chi connectivity index (χ2v) is 6.86. The highest BCUT2D eigenvalue weighted by molar-refractivity contribution is 5.30. The highest BCUT2D eigenvalue weighted by Crippen LogP contribution is 2.33. The summed E-state index contributed by atoms with van der Waals surface area (Å²) in [7, 11) is 0. The maximum atomic E-state index is 13.1. The summed E-state index contributed by atoms with van der Waals surface area (Å²) in [4.78, 5) is 3.80. The molecule has 1 aliphatic rings. The Morgan fingerprint density at radius 3 is 1.21 bits per heavy atom. The molecule has 0 unspecified atom stereocenters. The zero-order valence-electron chi connectivity index (χ0n) is 15.0. The molecule has 0 spiro atoms. The van der Waals surface area contributed by atoms with E-state index in [9.17, 15) is 26.3 Å². The highest BCUT2D eigenvalue weighted by Gasteiger charge is 2.34. The predicted octanol–water partition coefficient (Wildman–Crippen LogP) is 5.04. The summed E-state index contributed by atoms with van der Waals surface area (Å²) in [5.41, 5.74) is -0.857. The third kappa shape index (κ3) is 5.05. The van der Waals surface area contributed by atoms with E-state index >= 15 is 0 Å². The third-order valence-electron chi connectivity index (χ3n) is 4.90. The zero-order chi connectivity index (χ0) is 20.4. The molecule has 0 saturated carbocycles. The predicted molar refractivity (Wildman–Crippen MR) is 93.4 cm³/mol. The van der Waals surface area contributed by atoms with E-state index in [1.165, 1.54) is 24.3 Å². The van der Waals surface area contributed by atoms with Gasteiger partial charge in [0.1, 0.15) is 0 Å². The average Bonchev–Trinajstić information content (AvgIpc) is 2.62. The van der Waals surface area contributed by atoms with Gasteiger partial charge in [0.15, 0.2) is 0 Å². The number of rotatable bonds is 4.